The first-order chi connectivity index (χ1) is 7.49. The van der Waals surface area contributed by atoms with E-state index in [9.17, 15) is 8.42 Å². The number of rotatable bonds is 4. The summed E-state index contributed by atoms with van der Waals surface area (Å²) in [6.07, 6.45) is -0.124. The molecule has 0 bridgehead atoms. The van der Waals surface area contributed by atoms with E-state index < -0.39 is 10.1 Å². The zero-order chi connectivity index (χ0) is 11.8. The van der Waals surface area contributed by atoms with Crippen molar-refractivity contribution in [2.75, 3.05) is 13.2 Å². The Labute approximate surface area is 103 Å². The molecule has 0 unspecified atom stereocenters. The standard InChI is InChI=1S/C9H8Cl2O4S/c10-6-1-2-9(8(11)3-6)16(12,13)15-5-7-4-14-7/h1-3,7H,4-5H2/t7-/m1/s1. The summed E-state index contributed by atoms with van der Waals surface area (Å²) in [7, 11) is -3.83. The van der Waals surface area contributed by atoms with E-state index in [1.165, 1.54) is 18.2 Å². The zero-order valence-electron chi connectivity index (χ0n) is 8.02. The highest BCUT2D eigenvalue weighted by atomic mass is 35.5. The van der Waals surface area contributed by atoms with Gasteiger partial charge in [0.25, 0.3) is 10.1 Å². The molecule has 1 aliphatic heterocycles. The Morgan fingerprint density at radius 2 is 2.12 bits per heavy atom. The Bertz CT molecular complexity index is 496. The maximum Gasteiger partial charge on any atom is 0.298 e. The molecule has 1 atom stereocenters. The average Bonchev–Trinajstić information content (AvgIpc) is 2.97. The lowest BCUT2D eigenvalue weighted by Crippen LogP contribution is -2.11. The molecule has 0 aliphatic carbocycles. The van der Waals surface area contributed by atoms with Gasteiger partial charge in [-0.3, -0.25) is 4.18 Å². The van der Waals surface area contributed by atoms with Gasteiger partial charge in [-0.25, -0.2) is 0 Å². The fourth-order valence-corrected chi connectivity index (χ4v) is 2.75. The number of ether oxygens (including phenoxy) is 1. The Kier molecular flexibility index (Phi) is 3.42. The van der Waals surface area contributed by atoms with E-state index >= 15 is 0 Å². The molecule has 16 heavy (non-hydrogen) atoms. The van der Waals surface area contributed by atoms with Gasteiger partial charge in [0.2, 0.25) is 0 Å². The molecule has 4 nitrogen and oxygen atoms in total. The SMILES string of the molecule is O=S(=O)(OC[C@H]1CO1)c1ccc(Cl)cc1Cl. The molecule has 0 spiro atoms. The largest absolute Gasteiger partial charge is 0.371 e. The van der Waals surface area contributed by atoms with Crippen LogP contribution in [-0.4, -0.2) is 27.7 Å². The molecule has 2 rings (SSSR count). The number of benzene rings is 1. The second-order valence-electron chi connectivity index (χ2n) is 3.27. The van der Waals surface area contributed by atoms with Crippen LogP contribution >= 0.6 is 23.2 Å². The van der Waals surface area contributed by atoms with Gasteiger partial charge in [-0.2, -0.15) is 8.42 Å². The maximum absolute atomic E-state index is 11.7. The molecule has 0 saturated carbocycles. The lowest BCUT2D eigenvalue weighted by Gasteiger charge is -2.06. The summed E-state index contributed by atoms with van der Waals surface area (Å²) < 4.78 is 33.0. The highest BCUT2D eigenvalue weighted by Crippen LogP contribution is 2.26. The molecule has 0 N–H and O–H groups in total. The fraction of sp³-hybridized carbons (Fsp3) is 0.333. The van der Waals surface area contributed by atoms with Crippen molar-refractivity contribution in [3.05, 3.63) is 28.2 Å². The number of halogens is 2. The van der Waals surface area contributed by atoms with Crippen LogP contribution in [0.5, 0.6) is 0 Å². The van der Waals surface area contributed by atoms with Crippen LogP contribution in [0, 0.1) is 0 Å². The van der Waals surface area contributed by atoms with E-state index in [1.54, 1.807) is 0 Å². The van der Waals surface area contributed by atoms with Crippen molar-refractivity contribution in [2.45, 2.75) is 11.0 Å². The molecule has 7 heteroatoms. The van der Waals surface area contributed by atoms with Gasteiger partial charge in [0.1, 0.15) is 11.0 Å². The van der Waals surface area contributed by atoms with Crippen molar-refractivity contribution in [1.29, 1.82) is 0 Å². The molecule has 1 fully saturated rings. The monoisotopic (exact) mass is 282 g/mol. The second-order valence-corrected chi connectivity index (χ2v) is 5.70. The van der Waals surface area contributed by atoms with Crippen LogP contribution in [0.2, 0.25) is 10.0 Å². The second kappa shape index (κ2) is 4.50. The summed E-state index contributed by atoms with van der Waals surface area (Å²) in [4.78, 5) is -0.0841. The predicted molar refractivity (Wildman–Crippen MR) is 59.3 cm³/mol. The first kappa shape index (κ1) is 12.1. The van der Waals surface area contributed by atoms with E-state index in [0.717, 1.165) is 0 Å². The Hall–Kier alpha value is -0.330. The van der Waals surface area contributed by atoms with E-state index in [-0.39, 0.29) is 22.6 Å². The van der Waals surface area contributed by atoms with Gasteiger partial charge >= 0.3 is 0 Å². The van der Waals surface area contributed by atoms with Gasteiger partial charge in [0.05, 0.1) is 18.2 Å². The molecule has 1 heterocycles. The maximum atomic E-state index is 11.7. The molecule has 1 saturated heterocycles. The molecule has 1 aliphatic rings. The third-order valence-corrected chi connectivity index (χ3v) is 3.98. The third-order valence-electron chi connectivity index (χ3n) is 1.97. The lowest BCUT2D eigenvalue weighted by molar-refractivity contribution is 0.266. The number of epoxide rings is 1. The number of hydrogen-bond donors (Lipinski definition) is 0. The molecule has 0 amide bonds. The van der Waals surface area contributed by atoms with Crippen LogP contribution in [0.25, 0.3) is 0 Å². The van der Waals surface area contributed by atoms with Crippen LogP contribution in [0.3, 0.4) is 0 Å². The molecule has 1 aromatic carbocycles. The van der Waals surface area contributed by atoms with Crippen molar-refractivity contribution in [2.24, 2.45) is 0 Å². The van der Waals surface area contributed by atoms with E-state index in [0.29, 0.717) is 11.6 Å². The van der Waals surface area contributed by atoms with Gasteiger partial charge in [0, 0.05) is 5.02 Å². The quantitative estimate of drug-likeness (QED) is 0.627. The molecular formula is C9H8Cl2O4S. The number of hydrogen-bond acceptors (Lipinski definition) is 4. The highest BCUT2D eigenvalue weighted by molar-refractivity contribution is 7.86. The summed E-state index contributed by atoms with van der Waals surface area (Å²) >= 11 is 11.4. The third kappa shape index (κ3) is 2.87. The fourth-order valence-electron chi connectivity index (χ4n) is 1.07. The topological polar surface area (TPSA) is 55.9 Å². The average molecular weight is 283 g/mol. The normalized spacial score (nSPS) is 19.8. The molecular weight excluding hydrogens is 275 g/mol. The first-order valence-electron chi connectivity index (χ1n) is 4.45. The van der Waals surface area contributed by atoms with Crippen molar-refractivity contribution in [1.82, 2.24) is 0 Å². The van der Waals surface area contributed by atoms with Crippen LogP contribution < -0.4 is 0 Å². The van der Waals surface area contributed by atoms with Crippen molar-refractivity contribution < 1.29 is 17.3 Å². The van der Waals surface area contributed by atoms with Crippen molar-refractivity contribution >= 4 is 33.3 Å². The lowest BCUT2D eigenvalue weighted by atomic mass is 10.4. The van der Waals surface area contributed by atoms with Crippen LogP contribution in [-0.2, 0) is 19.0 Å². The summed E-state index contributed by atoms with van der Waals surface area (Å²) in [5.74, 6) is 0. The van der Waals surface area contributed by atoms with Gasteiger partial charge in [-0.1, -0.05) is 23.2 Å². The summed E-state index contributed by atoms with van der Waals surface area (Å²) in [6.45, 7) is 0.547. The molecule has 88 valence electrons. The highest BCUT2D eigenvalue weighted by Gasteiger charge is 2.27. The predicted octanol–water partition coefficient (Wildman–Crippen LogP) is 2.10. The van der Waals surface area contributed by atoms with Gasteiger partial charge in [0.15, 0.2) is 0 Å². The molecule has 0 radical (unpaired) electrons. The minimum absolute atomic E-state index is 0.0152. The summed E-state index contributed by atoms with van der Waals surface area (Å²) in [5.41, 5.74) is 0. The van der Waals surface area contributed by atoms with E-state index in [1.807, 2.05) is 0 Å². The smallest absolute Gasteiger partial charge is 0.298 e. The summed E-state index contributed by atoms with van der Waals surface area (Å²) in [6, 6.07) is 4.11. The summed E-state index contributed by atoms with van der Waals surface area (Å²) in [5, 5.41) is 0.415. The van der Waals surface area contributed by atoms with Crippen LogP contribution in [0.15, 0.2) is 23.1 Å². The molecule has 1 aromatic rings. The zero-order valence-corrected chi connectivity index (χ0v) is 10.3. The van der Waals surface area contributed by atoms with E-state index in [2.05, 4.69) is 0 Å². The Morgan fingerprint density at radius 1 is 1.44 bits per heavy atom. The molecule has 0 aromatic heterocycles. The minimum Gasteiger partial charge on any atom is -0.371 e. The van der Waals surface area contributed by atoms with Gasteiger partial charge in [-0.15, -0.1) is 0 Å². The van der Waals surface area contributed by atoms with Gasteiger partial charge in [-0.05, 0) is 18.2 Å². The van der Waals surface area contributed by atoms with E-state index in [4.69, 9.17) is 32.1 Å². The first-order valence-corrected chi connectivity index (χ1v) is 6.61. The van der Waals surface area contributed by atoms with Crippen molar-refractivity contribution in [3.63, 3.8) is 0 Å². The Morgan fingerprint density at radius 3 is 2.69 bits per heavy atom. The van der Waals surface area contributed by atoms with Crippen molar-refractivity contribution in [3.8, 4) is 0 Å². The van der Waals surface area contributed by atoms with Crippen LogP contribution in [0.4, 0.5) is 0 Å². The Balaban J connectivity index is 2.20. The van der Waals surface area contributed by atoms with Gasteiger partial charge < -0.3 is 4.74 Å². The minimum atomic E-state index is -3.83. The van der Waals surface area contributed by atoms with Crippen LogP contribution in [0.1, 0.15) is 0 Å².